The van der Waals surface area contributed by atoms with Gasteiger partial charge < -0.3 is 14.4 Å². The van der Waals surface area contributed by atoms with Crippen LogP contribution in [0.2, 0.25) is 0 Å². The fourth-order valence-corrected chi connectivity index (χ4v) is 2.40. The van der Waals surface area contributed by atoms with Gasteiger partial charge in [0, 0.05) is 32.7 Å². The number of carbonyl (C=O) groups is 1. The zero-order chi connectivity index (χ0) is 16.2. The largest absolute Gasteiger partial charge is 0.573 e. The van der Waals surface area contributed by atoms with E-state index < -0.39 is 6.36 Å². The lowest BCUT2D eigenvalue weighted by atomic mass is 9.98. The van der Waals surface area contributed by atoms with Gasteiger partial charge in [-0.15, -0.1) is 13.2 Å². The molecule has 0 bridgehead atoms. The topological polar surface area (TPSA) is 38.8 Å². The number of hydrogen-bond donors (Lipinski definition) is 0. The standard InChI is InChI=1S/C15H18F3NO3/c1-19(14(20)12-6-8-21-9-7-12)10-11-2-4-13(5-3-11)22-15(16,17)18/h2-5,12H,6-10H2,1H3. The van der Waals surface area contributed by atoms with Crippen molar-refractivity contribution < 1.29 is 27.4 Å². The smallest absolute Gasteiger partial charge is 0.406 e. The molecule has 0 radical (unpaired) electrons. The summed E-state index contributed by atoms with van der Waals surface area (Å²) in [7, 11) is 1.69. The van der Waals surface area contributed by atoms with Gasteiger partial charge in [0.1, 0.15) is 5.75 Å². The third kappa shape index (κ3) is 4.91. The van der Waals surface area contributed by atoms with Crippen LogP contribution in [0.3, 0.4) is 0 Å². The molecule has 1 heterocycles. The molecule has 1 saturated heterocycles. The highest BCUT2D eigenvalue weighted by molar-refractivity contribution is 5.78. The lowest BCUT2D eigenvalue weighted by Gasteiger charge is -2.26. The van der Waals surface area contributed by atoms with E-state index in [1.807, 2.05) is 0 Å². The molecular weight excluding hydrogens is 299 g/mol. The van der Waals surface area contributed by atoms with Crippen LogP contribution in [0.15, 0.2) is 24.3 Å². The number of hydrogen-bond acceptors (Lipinski definition) is 3. The predicted octanol–water partition coefficient (Wildman–Crippen LogP) is 2.97. The average Bonchev–Trinajstić information content (AvgIpc) is 2.48. The maximum Gasteiger partial charge on any atom is 0.573 e. The third-order valence-electron chi connectivity index (χ3n) is 3.52. The van der Waals surface area contributed by atoms with E-state index in [0.29, 0.717) is 32.6 Å². The van der Waals surface area contributed by atoms with Gasteiger partial charge in [0.15, 0.2) is 0 Å². The van der Waals surface area contributed by atoms with Gasteiger partial charge in [-0.1, -0.05) is 12.1 Å². The van der Waals surface area contributed by atoms with Crippen molar-refractivity contribution >= 4 is 5.91 Å². The van der Waals surface area contributed by atoms with Gasteiger partial charge >= 0.3 is 6.36 Å². The van der Waals surface area contributed by atoms with Crippen LogP contribution in [0, 0.1) is 5.92 Å². The second kappa shape index (κ2) is 7.00. The zero-order valence-electron chi connectivity index (χ0n) is 12.2. The summed E-state index contributed by atoms with van der Waals surface area (Å²) < 4.78 is 45.3. The maximum absolute atomic E-state index is 12.3. The Morgan fingerprint density at radius 2 is 1.86 bits per heavy atom. The van der Waals surface area contributed by atoms with Crippen LogP contribution in [0.4, 0.5) is 13.2 Å². The van der Waals surface area contributed by atoms with Gasteiger partial charge in [-0.05, 0) is 30.5 Å². The SMILES string of the molecule is CN(Cc1ccc(OC(F)(F)F)cc1)C(=O)C1CCOCC1. The molecule has 1 amide bonds. The van der Waals surface area contributed by atoms with Gasteiger partial charge in [0.25, 0.3) is 0 Å². The Morgan fingerprint density at radius 3 is 2.41 bits per heavy atom. The fraction of sp³-hybridized carbons (Fsp3) is 0.533. The number of ether oxygens (including phenoxy) is 2. The summed E-state index contributed by atoms with van der Waals surface area (Å²) in [4.78, 5) is 13.8. The lowest BCUT2D eigenvalue weighted by Crippen LogP contribution is -2.35. The molecule has 122 valence electrons. The Morgan fingerprint density at radius 1 is 1.27 bits per heavy atom. The first-order valence-electron chi connectivity index (χ1n) is 7.02. The molecule has 0 saturated carbocycles. The first kappa shape index (κ1) is 16.6. The van der Waals surface area contributed by atoms with Crippen molar-refractivity contribution in [2.24, 2.45) is 5.92 Å². The monoisotopic (exact) mass is 317 g/mol. The van der Waals surface area contributed by atoms with Gasteiger partial charge in [0.2, 0.25) is 5.91 Å². The van der Waals surface area contributed by atoms with Crippen LogP contribution in [0.25, 0.3) is 0 Å². The summed E-state index contributed by atoms with van der Waals surface area (Å²) in [6.07, 6.45) is -3.28. The average molecular weight is 317 g/mol. The number of nitrogens with zero attached hydrogens (tertiary/aromatic N) is 1. The number of amides is 1. The Balaban J connectivity index is 1.90. The molecule has 0 aromatic heterocycles. The van der Waals surface area contributed by atoms with Gasteiger partial charge in [-0.3, -0.25) is 4.79 Å². The van der Waals surface area contributed by atoms with Crippen LogP contribution in [0.5, 0.6) is 5.75 Å². The summed E-state index contributed by atoms with van der Waals surface area (Å²) in [6, 6.07) is 5.54. The summed E-state index contributed by atoms with van der Waals surface area (Å²) >= 11 is 0. The van der Waals surface area contributed by atoms with Crippen LogP contribution >= 0.6 is 0 Å². The molecule has 7 heteroatoms. The van der Waals surface area contributed by atoms with E-state index in [-0.39, 0.29) is 17.6 Å². The quantitative estimate of drug-likeness (QED) is 0.857. The van der Waals surface area contributed by atoms with E-state index in [4.69, 9.17) is 4.74 Å². The Hall–Kier alpha value is -1.76. The molecular formula is C15H18F3NO3. The van der Waals surface area contributed by atoms with Gasteiger partial charge in [-0.2, -0.15) is 0 Å². The Labute approximate surface area is 126 Å². The minimum atomic E-state index is -4.70. The zero-order valence-corrected chi connectivity index (χ0v) is 12.2. The van der Waals surface area contributed by atoms with E-state index in [0.717, 1.165) is 5.56 Å². The molecule has 1 aromatic rings. The summed E-state index contributed by atoms with van der Waals surface area (Å²) in [6.45, 7) is 1.53. The predicted molar refractivity (Wildman–Crippen MR) is 73.1 cm³/mol. The minimum Gasteiger partial charge on any atom is -0.406 e. The van der Waals surface area contributed by atoms with E-state index >= 15 is 0 Å². The van der Waals surface area contributed by atoms with Crippen LogP contribution in [-0.2, 0) is 16.1 Å². The van der Waals surface area contributed by atoms with Gasteiger partial charge in [-0.25, -0.2) is 0 Å². The Bertz CT molecular complexity index is 496. The van der Waals surface area contributed by atoms with Crippen LogP contribution < -0.4 is 4.74 Å². The van der Waals surface area contributed by atoms with E-state index in [1.165, 1.54) is 24.3 Å². The van der Waals surface area contributed by atoms with Crippen molar-refractivity contribution in [3.63, 3.8) is 0 Å². The second-order valence-electron chi connectivity index (χ2n) is 5.27. The number of halogens is 3. The first-order valence-corrected chi connectivity index (χ1v) is 7.02. The van der Waals surface area contributed by atoms with Crippen molar-refractivity contribution in [1.29, 1.82) is 0 Å². The molecule has 22 heavy (non-hydrogen) atoms. The molecule has 0 unspecified atom stereocenters. The van der Waals surface area contributed by atoms with Crippen molar-refractivity contribution in [2.45, 2.75) is 25.7 Å². The third-order valence-corrected chi connectivity index (χ3v) is 3.52. The van der Waals surface area contributed by atoms with E-state index in [9.17, 15) is 18.0 Å². The number of carbonyl (C=O) groups excluding carboxylic acids is 1. The summed E-state index contributed by atoms with van der Waals surface area (Å²) in [5.74, 6) is -0.264. The molecule has 1 fully saturated rings. The molecule has 1 aromatic carbocycles. The highest BCUT2D eigenvalue weighted by Gasteiger charge is 2.31. The van der Waals surface area contributed by atoms with Crippen molar-refractivity contribution in [1.82, 2.24) is 4.90 Å². The molecule has 0 spiro atoms. The summed E-state index contributed by atoms with van der Waals surface area (Å²) in [5, 5.41) is 0. The second-order valence-corrected chi connectivity index (χ2v) is 5.27. The van der Waals surface area contributed by atoms with Crippen LogP contribution in [-0.4, -0.2) is 37.4 Å². The Kier molecular flexibility index (Phi) is 5.28. The van der Waals surface area contributed by atoms with E-state index in [2.05, 4.69) is 4.74 Å². The van der Waals surface area contributed by atoms with Crippen molar-refractivity contribution in [2.75, 3.05) is 20.3 Å². The summed E-state index contributed by atoms with van der Waals surface area (Å²) in [5.41, 5.74) is 0.748. The van der Waals surface area contributed by atoms with E-state index in [1.54, 1.807) is 11.9 Å². The molecule has 0 aliphatic carbocycles. The number of alkyl halides is 3. The normalized spacial score (nSPS) is 16.4. The molecule has 0 N–H and O–H groups in total. The first-order chi connectivity index (χ1) is 10.3. The molecule has 4 nitrogen and oxygen atoms in total. The highest BCUT2D eigenvalue weighted by Crippen LogP contribution is 2.23. The fourth-order valence-electron chi connectivity index (χ4n) is 2.40. The highest BCUT2D eigenvalue weighted by atomic mass is 19.4. The minimum absolute atomic E-state index is 0.0356. The van der Waals surface area contributed by atoms with Crippen LogP contribution in [0.1, 0.15) is 18.4 Å². The van der Waals surface area contributed by atoms with Crippen molar-refractivity contribution in [3.05, 3.63) is 29.8 Å². The van der Waals surface area contributed by atoms with Gasteiger partial charge in [0.05, 0.1) is 0 Å². The van der Waals surface area contributed by atoms with Crippen molar-refractivity contribution in [3.8, 4) is 5.75 Å². The maximum atomic E-state index is 12.3. The number of rotatable bonds is 4. The lowest BCUT2D eigenvalue weighted by molar-refractivity contribution is -0.274. The molecule has 2 rings (SSSR count). The molecule has 0 atom stereocenters. The molecule has 1 aliphatic rings. The number of benzene rings is 1. The molecule has 1 aliphatic heterocycles.